The zero-order valence-corrected chi connectivity index (χ0v) is 23.1. The van der Waals surface area contributed by atoms with Gasteiger partial charge in [-0.05, 0) is 32.8 Å². The van der Waals surface area contributed by atoms with Crippen LogP contribution in [0.5, 0.6) is 0 Å². The van der Waals surface area contributed by atoms with Gasteiger partial charge in [0.25, 0.3) is 0 Å². The molecule has 0 saturated carbocycles. The number of allylic oxidation sites excluding steroid dienone is 1. The highest BCUT2D eigenvalue weighted by Gasteiger charge is 2.74. The van der Waals surface area contributed by atoms with Crippen LogP contribution >= 0.6 is 15.9 Å². The largest absolute Gasteiger partial charge is 0.460 e. The zero-order valence-electron chi connectivity index (χ0n) is 21.5. The monoisotopic (exact) mass is 581 g/mol. The summed E-state index contributed by atoms with van der Waals surface area (Å²) >= 11 is 3.50. The molecule has 2 N–H and O–H groups in total. The van der Waals surface area contributed by atoms with Crippen molar-refractivity contribution in [3.63, 3.8) is 0 Å². The molecule has 5 bridgehead atoms. The Morgan fingerprint density at radius 1 is 1.24 bits per heavy atom. The Balaban J connectivity index is 1.79. The number of nitrogens with zero attached hydrogens (tertiary/aromatic N) is 2. The van der Waals surface area contributed by atoms with E-state index in [0.717, 1.165) is 12.8 Å². The van der Waals surface area contributed by atoms with Crippen molar-refractivity contribution in [3.05, 3.63) is 22.7 Å². The van der Waals surface area contributed by atoms with E-state index in [0.29, 0.717) is 17.4 Å². The number of hydrogen-bond acceptors (Lipinski definition) is 7. The number of carbonyl (C=O) groups is 4. The maximum Gasteiger partial charge on any atom is 0.313 e. The summed E-state index contributed by atoms with van der Waals surface area (Å²) in [5.41, 5.74) is -1.35. The van der Waals surface area contributed by atoms with Crippen LogP contribution in [-0.2, 0) is 28.7 Å². The molecule has 4 aliphatic heterocycles. The molecule has 0 aromatic rings. The van der Waals surface area contributed by atoms with Gasteiger partial charge >= 0.3 is 5.97 Å². The number of cyclic esters (lactones) is 1. The molecule has 1 spiro atoms. The molecule has 0 radical (unpaired) electrons. The van der Waals surface area contributed by atoms with Gasteiger partial charge in [0.2, 0.25) is 17.7 Å². The molecular formula is C26H36BrN3O7. The van der Waals surface area contributed by atoms with E-state index in [-0.39, 0.29) is 44.0 Å². The number of amides is 3. The molecule has 37 heavy (non-hydrogen) atoms. The summed E-state index contributed by atoms with van der Waals surface area (Å²) in [4.78, 5) is 56.8. The lowest BCUT2D eigenvalue weighted by atomic mass is 9.74. The fourth-order valence-corrected chi connectivity index (χ4v) is 6.75. The van der Waals surface area contributed by atoms with Gasteiger partial charge in [-0.25, -0.2) is 0 Å². The molecule has 4 heterocycles. The fraction of sp³-hybridized carbons (Fsp3) is 0.692. The Labute approximate surface area is 225 Å². The Morgan fingerprint density at radius 2 is 2.00 bits per heavy atom. The number of rotatable bonds is 5. The standard InChI is InChI=1S/C26H36BrN3O7/c1-4-8-15(2)29-10-7-5-6-9-18(32)28-14-16(3)36-25(35)19-20-23(33)30(11-12-31)22(24(29)34)26(20)13-17(27)21(19)37-26/h5,7,13,15-16,19-22,31H,4,6,8-12,14H2,1-3H3,(H,28,32)/b7-5-/t15?,16-,19+,20-,21+,22+,26-/m1/s1. The number of fused-ring (bicyclic) bond motifs is 2. The van der Waals surface area contributed by atoms with Crippen LogP contribution in [0.1, 0.15) is 46.5 Å². The Morgan fingerprint density at radius 3 is 2.70 bits per heavy atom. The molecule has 4 rings (SSSR count). The van der Waals surface area contributed by atoms with E-state index in [1.54, 1.807) is 17.9 Å². The molecule has 2 saturated heterocycles. The lowest BCUT2D eigenvalue weighted by molar-refractivity contribution is -0.158. The quantitative estimate of drug-likeness (QED) is 0.370. The smallest absolute Gasteiger partial charge is 0.313 e. The molecule has 1 unspecified atom stereocenters. The number of esters is 1. The van der Waals surface area contributed by atoms with Crippen LogP contribution in [0, 0.1) is 11.8 Å². The van der Waals surface area contributed by atoms with Crippen molar-refractivity contribution in [2.24, 2.45) is 11.8 Å². The van der Waals surface area contributed by atoms with Crippen LogP contribution in [0.25, 0.3) is 0 Å². The Bertz CT molecular complexity index is 1000. The van der Waals surface area contributed by atoms with E-state index in [4.69, 9.17) is 9.47 Å². The maximum atomic E-state index is 14.3. The number of carbonyl (C=O) groups excluding carboxylic acids is 4. The first kappa shape index (κ1) is 27.8. The number of aliphatic hydroxyl groups is 1. The average Bonchev–Trinajstić information content (AvgIpc) is 3.43. The van der Waals surface area contributed by atoms with Crippen LogP contribution in [-0.4, -0.2) is 94.7 Å². The fourth-order valence-electron chi connectivity index (χ4n) is 6.02. The second kappa shape index (κ2) is 11.2. The molecule has 10 nitrogen and oxygen atoms in total. The zero-order chi connectivity index (χ0) is 26.9. The predicted octanol–water partition coefficient (Wildman–Crippen LogP) is 1.27. The molecule has 11 heteroatoms. The van der Waals surface area contributed by atoms with Crippen molar-refractivity contribution in [1.82, 2.24) is 15.1 Å². The Hall–Kier alpha value is -2.24. The molecule has 0 aliphatic carbocycles. The second-order valence-electron chi connectivity index (χ2n) is 10.3. The summed E-state index contributed by atoms with van der Waals surface area (Å²) in [6.07, 6.45) is 6.52. The summed E-state index contributed by atoms with van der Waals surface area (Å²) in [5, 5.41) is 12.6. The number of halogens is 1. The van der Waals surface area contributed by atoms with Gasteiger partial charge in [-0.1, -0.05) is 41.4 Å². The van der Waals surface area contributed by atoms with Crippen molar-refractivity contribution in [2.45, 2.75) is 76.3 Å². The molecule has 2 fully saturated rings. The van der Waals surface area contributed by atoms with E-state index in [1.807, 2.05) is 26.0 Å². The summed E-state index contributed by atoms with van der Waals surface area (Å²) in [6.45, 7) is 5.75. The molecule has 4 aliphatic rings. The van der Waals surface area contributed by atoms with Gasteiger partial charge in [0.05, 0.1) is 19.1 Å². The van der Waals surface area contributed by atoms with Crippen molar-refractivity contribution in [2.75, 3.05) is 26.2 Å². The maximum absolute atomic E-state index is 14.3. The minimum atomic E-state index is -1.35. The molecule has 0 aromatic heterocycles. The van der Waals surface area contributed by atoms with Crippen LogP contribution in [0.4, 0.5) is 0 Å². The van der Waals surface area contributed by atoms with Gasteiger partial charge in [0.1, 0.15) is 29.8 Å². The highest BCUT2D eigenvalue weighted by molar-refractivity contribution is 9.11. The lowest BCUT2D eigenvalue weighted by Gasteiger charge is -2.38. The van der Waals surface area contributed by atoms with Gasteiger partial charge in [0.15, 0.2) is 0 Å². The summed E-state index contributed by atoms with van der Waals surface area (Å²) in [5.74, 6) is -3.39. The van der Waals surface area contributed by atoms with Gasteiger partial charge in [-0.15, -0.1) is 0 Å². The van der Waals surface area contributed by atoms with Gasteiger partial charge in [0, 0.05) is 30.0 Å². The minimum absolute atomic E-state index is 0.0526. The molecule has 0 aromatic carbocycles. The lowest BCUT2D eigenvalue weighted by Crippen LogP contribution is -2.57. The number of hydrogen-bond donors (Lipinski definition) is 2. The van der Waals surface area contributed by atoms with Gasteiger partial charge < -0.3 is 29.7 Å². The van der Waals surface area contributed by atoms with E-state index < -0.39 is 47.6 Å². The Kier molecular flexibility index (Phi) is 8.45. The summed E-state index contributed by atoms with van der Waals surface area (Å²) in [6, 6.07) is -1.15. The highest BCUT2D eigenvalue weighted by Crippen LogP contribution is 2.58. The molecular weight excluding hydrogens is 546 g/mol. The first-order valence-electron chi connectivity index (χ1n) is 13.1. The van der Waals surface area contributed by atoms with Gasteiger partial charge in [-0.3, -0.25) is 19.2 Å². The first-order chi connectivity index (χ1) is 17.7. The van der Waals surface area contributed by atoms with Crippen LogP contribution in [0.3, 0.4) is 0 Å². The molecule has 3 amide bonds. The third-order valence-corrected chi connectivity index (χ3v) is 8.39. The normalized spacial score (nSPS) is 36.2. The van der Waals surface area contributed by atoms with Crippen molar-refractivity contribution < 1.29 is 33.8 Å². The predicted molar refractivity (Wildman–Crippen MR) is 137 cm³/mol. The SMILES string of the molecule is CCCC(C)N1C/C=C\CCC(=O)NC[C@@H](C)OC(=O)[C@@H]2[C@H]3O[C@@]4(C=C3Br)[C@H](C1=O)N(CCO)C(=O)[C@@H]24. The molecule has 204 valence electrons. The number of aliphatic hydroxyl groups excluding tert-OH is 1. The van der Waals surface area contributed by atoms with E-state index in [1.165, 1.54) is 4.90 Å². The van der Waals surface area contributed by atoms with Crippen molar-refractivity contribution >= 4 is 39.6 Å². The van der Waals surface area contributed by atoms with E-state index in [2.05, 4.69) is 21.2 Å². The van der Waals surface area contributed by atoms with Crippen LogP contribution < -0.4 is 5.32 Å². The third-order valence-electron chi connectivity index (χ3n) is 7.71. The summed E-state index contributed by atoms with van der Waals surface area (Å²) in [7, 11) is 0. The van der Waals surface area contributed by atoms with Crippen LogP contribution in [0.15, 0.2) is 22.7 Å². The second-order valence-corrected chi connectivity index (χ2v) is 11.2. The average molecular weight is 582 g/mol. The van der Waals surface area contributed by atoms with Crippen molar-refractivity contribution in [3.8, 4) is 0 Å². The minimum Gasteiger partial charge on any atom is -0.460 e. The van der Waals surface area contributed by atoms with Crippen molar-refractivity contribution in [1.29, 1.82) is 0 Å². The number of likely N-dealkylation sites (tertiary alicyclic amines) is 1. The molecule has 7 atom stereocenters. The summed E-state index contributed by atoms with van der Waals surface area (Å²) < 4.78 is 12.6. The number of β-amino-alcohol motifs (C(OH)–C–C–N with tert-alkyl or cyclic N) is 1. The van der Waals surface area contributed by atoms with Crippen LogP contribution in [0.2, 0.25) is 0 Å². The number of ether oxygens (including phenoxy) is 2. The number of nitrogens with one attached hydrogen (secondary N) is 1. The topological polar surface area (TPSA) is 125 Å². The third kappa shape index (κ3) is 4.97. The van der Waals surface area contributed by atoms with E-state index >= 15 is 0 Å². The first-order valence-corrected chi connectivity index (χ1v) is 13.9. The highest BCUT2D eigenvalue weighted by atomic mass is 79.9. The van der Waals surface area contributed by atoms with E-state index in [9.17, 15) is 24.3 Å². The van der Waals surface area contributed by atoms with Gasteiger partial charge in [-0.2, -0.15) is 0 Å².